The molecule has 3 aliphatic heterocycles. The molecule has 9 heteroatoms. The molecular formula is C21H29ClN4O4. The van der Waals surface area contributed by atoms with Crippen molar-refractivity contribution in [1.82, 2.24) is 20.1 Å². The molecule has 0 radical (unpaired) electrons. The number of halogens is 1. The van der Waals surface area contributed by atoms with E-state index in [-0.39, 0.29) is 18.3 Å². The molecule has 3 saturated heterocycles. The zero-order valence-corrected chi connectivity index (χ0v) is 17.9. The highest BCUT2D eigenvalue weighted by molar-refractivity contribution is 6.30. The Hall–Kier alpha value is -2.19. The Bertz CT molecular complexity index is 777. The summed E-state index contributed by atoms with van der Waals surface area (Å²) in [7, 11) is 0. The highest BCUT2D eigenvalue weighted by atomic mass is 35.5. The van der Waals surface area contributed by atoms with Gasteiger partial charge in [0.15, 0.2) is 0 Å². The molecule has 0 aliphatic carbocycles. The maximum atomic E-state index is 13.1. The summed E-state index contributed by atoms with van der Waals surface area (Å²) >= 11 is 6.03. The number of amides is 2. The van der Waals surface area contributed by atoms with Gasteiger partial charge in [0, 0.05) is 51.0 Å². The number of carbonyl (C=O) groups excluding carboxylic acids is 2. The van der Waals surface area contributed by atoms with Crippen molar-refractivity contribution >= 4 is 29.9 Å². The second-order valence-corrected chi connectivity index (χ2v) is 8.71. The van der Waals surface area contributed by atoms with Crippen LogP contribution in [0.1, 0.15) is 43.0 Å². The third-order valence-corrected chi connectivity index (χ3v) is 6.63. The van der Waals surface area contributed by atoms with E-state index in [4.69, 9.17) is 21.5 Å². The van der Waals surface area contributed by atoms with E-state index in [0.717, 1.165) is 26.1 Å². The molecule has 4 atom stereocenters. The predicted octanol–water partition coefficient (Wildman–Crippen LogP) is 1.89. The topological polar surface area (TPSA) is 103 Å². The van der Waals surface area contributed by atoms with E-state index < -0.39 is 0 Å². The summed E-state index contributed by atoms with van der Waals surface area (Å²) in [6.45, 7) is 4.63. The summed E-state index contributed by atoms with van der Waals surface area (Å²) in [5.74, 6) is 0.927. The van der Waals surface area contributed by atoms with Gasteiger partial charge in [0.2, 0.25) is 5.91 Å². The fraction of sp³-hybridized carbons (Fsp3) is 0.619. The summed E-state index contributed by atoms with van der Waals surface area (Å²) in [6, 6.07) is 2.52. The smallest absolute Gasteiger partial charge is 0.290 e. The average Bonchev–Trinajstić information content (AvgIpc) is 2.73. The molecule has 164 valence electrons. The maximum absolute atomic E-state index is 13.1. The van der Waals surface area contributed by atoms with Crippen LogP contribution < -0.4 is 5.32 Å². The lowest BCUT2D eigenvalue weighted by Crippen LogP contribution is -2.66. The molecule has 2 N–H and O–H groups in total. The minimum absolute atomic E-state index is 0.0134. The molecule has 1 aromatic heterocycles. The fourth-order valence-electron chi connectivity index (χ4n) is 5.31. The van der Waals surface area contributed by atoms with Gasteiger partial charge < -0.3 is 15.3 Å². The average molecular weight is 437 g/mol. The van der Waals surface area contributed by atoms with Gasteiger partial charge in [-0.1, -0.05) is 18.0 Å². The third kappa shape index (κ3) is 5.10. The minimum atomic E-state index is -0.250. The van der Waals surface area contributed by atoms with Crippen molar-refractivity contribution in [3.8, 4) is 0 Å². The maximum Gasteiger partial charge on any atom is 0.290 e. The van der Waals surface area contributed by atoms with Crippen LogP contribution in [0, 0.1) is 11.8 Å². The van der Waals surface area contributed by atoms with Crippen molar-refractivity contribution < 1.29 is 19.5 Å². The molecule has 1 aromatic rings. The van der Waals surface area contributed by atoms with Gasteiger partial charge in [0.05, 0.1) is 10.6 Å². The second-order valence-electron chi connectivity index (χ2n) is 8.27. The summed E-state index contributed by atoms with van der Waals surface area (Å²) < 4.78 is 0. The first-order valence-corrected chi connectivity index (χ1v) is 10.8. The Balaban J connectivity index is 0.000000806. The first-order chi connectivity index (χ1) is 14.4. The van der Waals surface area contributed by atoms with Gasteiger partial charge >= 0.3 is 0 Å². The van der Waals surface area contributed by atoms with Crippen molar-refractivity contribution in [2.45, 2.75) is 44.7 Å². The molecule has 30 heavy (non-hydrogen) atoms. The van der Waals surface area contributed by atoms with E-state index in [1.807, 2.05) is 4.90 Å². The van der Waals surface area contributed by atoms with Gasteiger partial charge in [-0.05, 0) is 43.7 Å². The molecule has 0 aromatic carbocycles. The quantitative estimate of drug-likeness (QED) is 0.701. The number of nitrogens with zero attached hydrogens (tertiary/aromatic N) is 3. The highest BCUT2D eigenvalue weighted by Gasteiger charge is 2.47. The van der Waals surface area contributed by atoms with Crippen molar-refractivity contribution in [1.29, 1.82) is 0 Å². The largest absolute Gasteiger partial charge is 0.483 e. The van der Waals surface area contributed by atoms with E-state index in [0.29, 0.717) is 41.1 Å². The number of likely N-dealkylation sites (tertiary alicyclic amines) is 1. The van der Waals surface area contributed by atoms with E-state index in [9.17, 15) is 9.59 Å². The van der Waals surface area contributed by atoms with Crippen molar-refractivity contribution in [3.05, 3.63) is 29.0 Å². The van der Waals surface area contributed by atoms with Crippen LogP contribution in [0.4, 0.5) is 0 Å². The molecule has 3 aliphatic rings. The Labute approximate surface area is 181 Å². The van der Waals surface area contributed by atoms with E-state index in [2.05, 4.69) is 15.2 Å². The van der Waals surface area contributed by atoms with Crippen molar-refractivity contribution in [3.63, 3.8) is 0 Å². The van der Waals surface area contributed by atoms with Crippen LogP contribution in [-0.4, -0.2) is 76.4 Å². The molecule has 4 rings (SSSR count). The number of hydrogen-bond acceptors (Lipinski definition) is 5. The Morgan fingerprint density at radius 1 is 1.30 bits per heavy atom. The Kier molecular flexibility index (Phi) is 7.66. The molecule has 2 amide bonds. The molecule has 8 nitrogen and oxygen atoms in total. The summed E-state index contributed by atoms with van der Waals surface area (Å²) in [4.78, 5) is 41.6. The Morgan fingerprint density at radius 2 is 2.03 bits per heavy atom. The normalized spacial score (nSPS) is 27.9. The number of nitrogens with one attached hydrogen (secondary N) is 1. The first kappa shape index (κ1) is 22.5. The molecule has 2 bridgehead atoms. The van der Waals surface area contributed by atoms with Gasteiger partial charge in [-0.2, -0.15) is 0 Å². The first-order valence-electron chi connectivity index (χ1n) is 10.4. The number of fused-ring (bicyclic) bond motifs is 4. The van der Waals surface area contributed by atoms with Crippen LogP contribution in [0.15, 0.2) is 18.5 Å². The summed E-state index contributed by atoms with van der Waals surface area (Å²) in [5.41, 5.74) is 0.557. The number of carboxylic acid groups (broad SMARTS) is 1. The monoisotopic (exact) mass is 436 g/mol. The van der Waals surface area contributed by atoms with E-state index in [1.165, 1.54) is 19.3 Å². The van der Waals surface area contributed by atoms with E-state index >= 15 is 0 Å². The van der Waals surface area contributed by atoms with Crippen LogP contribution in [0.2, 0.25) is 5.02 Å². The van der Waals surface area contributed by atoms with Crippen LogP contribution in [0.5, 0.6) is 0 Å². The summed E-state index contributed by atoms with van der Waals surface area (Å²) in [5, 5.41) is 10.4. The molecular weight excluding hydrogens is 408 g/mol. The van der Waals surface area contributed by atoms with E-state index in [1.54, 1.807) is 25.4 Å². The zero-order chi connectivity index (χ0) is 21.7. The van der Waals surface area contributed by atoms with Crippen LogP contribution in [0.3, 0.4) is 0 Å². The molecule has 0 saturated carbocycles. The summed E-state index contributed by atoms with van der Waals surface area (Å²) in [6.07, 6.45) is 7.95. The van der Waals surface area contributed by atoms with Gasteiger partial charge in [0.25, 0.3) is 12.4 Å². The van der Waals surface area contributed by atoms with Crippen LogP contribution in [-0.2, 0) is 9.59 Å². The zero-order valence-electron chi connectivity index (χ0n) is 17.2. The SMILES string of the molecule is CC(=O)NC[C@H]1[C@H]2C[C@H](CN(C(=O)c3cncc(Cl)c3)C2)[C@@H]2CCCCN21.O=CO. The van der Waals surface area contributed by atoms with Crippen molar-refractivity contribution in [2.75, 3.05) is 26.2 Å². The standard InChI is InChI=1S/C20H27ClN4O2.CH2O2/c1-13(26)23-10-19-16-6-15(18-4-2-3-5-25(18)19)11-24(12-16)20(27)14-7-17(21)9-22-8-14;2-1-3/h7-9,15-16,18-19H,2-6,10-12H2,1H3,(H,23,26);1H,(H,2,3)/t15-,16+,18+,19+;/m1./s1. The van der Waals surface area contributed by atoms with Crippen LogP contribution in [0.25, 0.3) is 0 Å². The van der Waals surface area contributed by atoms with Crippen LogP contribution >= 0.6 is 11.6 Å². The lowest BCUT2D eigenvalue weighted by atomic mass is 9.72. The number of carbonyl (C=O) groups is 3. The number of hydrogen-bond donors (Lipinski definition) is 2. The minimum Gasteiger partial charge on any atom is -0.483 e. The lowest BCUT2D eigenvalue weighted by Gasteiger charge is -2.56. The fourth-order valence-corrected chi connectivity index (χ4v) is 5.49. The predicted molar refractivity (Wildman–Crippen MR) is 112 cm³/mol. The molecule has 0 spiro atoms. The van der Waals surface area contributed by atoms with Gasteiger partial charge in [0.1, 0.15) is 0 Å². The Morgan fingerprint density at radius 3 is 2.73 bits per heavy atom. The van der Waals surface area contributed by atoms with Gasteiger partial charge in [-0.3, -0.25) is 24.3 Å². The second kappa shape index (κ2) is 10.2. The van der Waals surface area contributed by atoms with Crippen molar-refractivity contribution in [2.24, 2.45) is 11.8 Å². The van der Waals surface area contributed by atoms with Gasteiger partial charge in [-0.25, -0.2) is 0 Å². The lowest BCUT2D eigenvalue weighted by molar-refractivity contribution is -0.123. The number of rotatable bonds is 3. The molecule has 0 unspecified atom stereocenters. The number of aromatic nitrogens is 1. The molecule has 3 fully saturated rings. The highest BCUT2D eigenvalue weighted by Crippen LogP contribution is 2.41. The number of pyridine rings is 1. The third-order valence-electron chi connectivity index (χ3n) is 6.42. The number of piperidine rings is 3. The molecule has 4 heterocycles. The van der Waals surface area contributed by atoms with Gasteiger partial charge in [-0.15, -0.1) is 0 Å².